The molecule has 0 unspecified atom stereocenters. The van der Waals surface area contributed by atoms with Crippen molar-refractivity contribution in [3.8, 4) is 5.75 Å². The number of anilines is 1. The number of alkyl halides is 3. The highest BCUT2D eigenvalue weighted by Crippen LogP contribution is 2.24. The Morgan fingerprint density at radius 2 is 1.71 bits per heavy atom. The van der Waals surface area contributed by atoms with Gasteiger partial charge in [0, 0.05) is 17.7 Å². The first-order chi connectivity index (χ1) is 11.2. The molecule has 10 heteroatoms. The minimum absolute atomic E-state index is 0.0283. The molecule has 0 saturated heterocycles. The van der Waals surface area contributed by atoms with E-state index >= 15 is 0 Å². The molecule has 1 N–H and O–H groups in total. The summed E-state index contributed by atoms with van der Waals surface area (Å²) in [4.78, 5) is 10.0. The van der Waals surface area contributed by atoms with Crippen molar-refractivity contribution in [3.63, 3.8) is 0 Å². The molecular weight excluding hydrogens is 351 g/mol. The molecule has 0 fully saturated rings. The molecule has 0 spiro atoms. The molecule has 0 radical (unpaired) electrons. The minimum atomic E-state index is -4.76. The van der Waals surface area contributed by atoms with E-state index < -0.39 is 11.3 Å². The van der Waals surface area contributed by atoms with Crippen LogP contribution in [0.2, 0.25) is 0 Å². The smallest absolute Gasteiger partial charge is 0.406 e. The van der Waals surface area contributed by atoms with E-state index in [1.807, 2.05) is 0 Å². The van der Waals surface area contributed by atoms with Gasteiger partial charge in [-0.05, 0) is 36.4 Å². The lowest BCUT2D eigenvalue weighted by Crippen LogP contribution is -2.16. The quantitative estimate of drug-likeness (QED) is 0.484. The van der Waals surface area contributed by atoms with Crippen LogP contribution in [0.3, 0.4) is 0 Å². The maximum atomic E-state index is 12.0. The van der Waals surface area contributed by atoms with Gasteiger partial charge in [0.15, 0.2) is 5.17 Å². The van der Waals surface area contributed by atoms with E-state index in [0.717, 1.165) is 12.1 Å². The SMILES string of the molecule is O=[N+]([O-])c1ccc(/C(Cl)=N/Nc2ccc(OC(F)(F)F)cc2)cc1. The fraction of sp³-hybridized carbons (Fsp3) is 0.0714. The predicted octanol–water partition coefficient (Wildman–Crippen LogP) is 4.51. The molecule has 0 bridgehead atoms. The van der Waals surface area contributed by atoms with Gasteiger partial charge in [-0.3, -0.25) is 15.5 Å². The number of ether oxygens (including phenoxy) is 1. The summed E-state index contributed by atoms with van der Waals surface area (Å²) in [5, 5.41) is 14.4. The van der Waals surface area contributed by atoms with Crippen LogP contribution in [-0.4, -0.2) is 16.5 Å². The van der Waals surface area contributed by atoms with Crippen LogP contribution in [0.4, 0.5) is 24.5 Å². The van der Waals surface area contributed by atoms with Crippen LogP contribution in [0.1, 0.15) is 5.56 Å². The third-order valence-corrected chi connectivity index (χ3v) is 2.99. The molecule has 6 nitrogen and oxygen atoms in total. The molecule has 0 amide bonds. The van der Waals surface area contributed by atoms with Gasteiger partial charge in [0.2, 0.25) is 0 Å². The second-order valence-corrected chi connectivity index (χ2v) is 4.75. The van der Waals surface area contributed by atoms with E-state index in [4.69, 9.17) is 11.6 Å². The molecule has 0 aliphatic rings. The molecule has 2 aromatic carbocycles. The molecule has 0 aromatic heterocycles. The van der Waals surface area contributed by atoms with Gasteiger partial charge in [0.1, 0.15) is 5.75 Å². The summed E-state index contributed by atoms with van der Waals surface area (Å²) in [7, 11) is 0. The standard InChI is InChI=1S/C14H9ClF3N3O3/c15-13(9-1-5-11(6-2-9)21(22)23)20-19-10-3-7-12(8-4-10)24-14(16,17)18/h1-8,19H/b20-13-. The van der Waals surface area contributed by atoms with Crippen molar-refractivity contribution < 1.29 is 22.8 Å². The summed E-state index contributed by atoms with van der Waals surface area (Å²) in [6, 6.07) is 10.3. The lowest BCUT2D eigenvalue weighted by Gasteiger charge is -2.09. The highest BCUT2D eigenvalue weighted by atomic mass is 35.5. The third kappa shape index (κ3) is 5.13. The Morgan fingerprint density at radius 1 is 1.12 bits per heavy atom. The van der Waals surface area contributed by atoms with Crippen LogP contribution in [0.15, 0.2) is 53.6 Å². The van der Waals surface area contributed by atoms with Crippen LogP contribution in [0, 0.1) is 10.1 Å². The van der Waals surface area contributed by atoms with Crippen LogP contribution in [0.5, 0.6) is 5.75 Å². The van der Waals surface area contributed by atoms with E-state index in [0.29, 0.717) is 11.3 Å². The fourth-order valence-electron chi connectivity index (χ4n) is 1.63. The number of nitrogens with zero attached hydrogens (tertiary/aromatic N) is 2. The maximum Gasteiger partial charge on any atom is 0.573 e. The van der Waals surface area contributed by atoms with E-state index in [9.17, 15) is 23.3 Å². The Hall–Kier alpha value is -2.81. The molecule has 0 saturated carbocycles. The van der Waals surface area contributed by atoms with Gasteiger partial charge < -0.3 is 4.74 Å². The third-order valence-electron chi connectivity index (χ3n) is 2.69. The van der Waals surface area contributed by atoms with Crippen molar-refractivity contribution >= 4 is 28.1 Å². The van der Waals surface area contributed by atoms with Gasteiger partial charge in [0.05, 0.1) is 10.6 Å². The normalized spacial score (nSPS) is 11.9. The van der Waals surface area contributed by atoms with Crippen LogP contribution in [0.25, 0.3) is 0 Å². The number of hydrogen-bond acceptors (Lipinski definition) is 5. The van der Waals surface area contributed by atoms with E-state index in [1.54, 1.807) is 0 Å². The van der Waals surface area contributed by atoms with Gasteiger partial charge in [-0.25, -0.2) is 0 Å². The molecule has 2 aromatic rings. The van der Waals surface area contributed by atoms with Crippen molar-refractivity contribution in [1.29, 1.82) is 0 Å². The molecular formula is C14H9ClF3N3O3. The first-order valence-electron chi connectivity index (χ1n) is 6.34. The highest BCUT2D eigenvalue weighted by Gasteiger charge is 2.30. The molecule has 0 aliphatic carbocycles. The fourth-order valence-corrected chi connectivity index (χ4v) is 1.80. The van der Waals surface area contributed by atoms with Crippen molar-refractivity contribution in [2.45, 2.75) is 6.36 Å². The topological polar surface area (TPSA) is 76.8 Å². The lowest BCUT2D eigenvalue weighted by atomic mass is 10.2. The Balaban J connectivity index is 2.02. The van der Waals surface area contributed by atoms with Crippen molar-refractivity contribution in [3.05, 3.63) is 64.2 Å². The zero-order valence-electron chi connectivity index (χ0n) is 11.7. The summed E-state index contributed by atoms with van der Waals surface area (Å²) >= 11 is 5.95. The van der Waals surface area contributed by atoms with Crippen molar-refractivity contribution in [1.82, 2.24) is 0 Å². The Labute approximate surface area is 138 Å². The van der Waals surface area contributed by atoms with E-state index in [-0.39, 0.29) is 16.6 Å². The summed E-state index contributed by atoms with van der Waals surface area (Å²) in [6.07, 6.45) is -4.76. The first kappa shape index (κ1) is 17.5. The average molecular weight is 360 g/mol. The Morgan fingerprint density at radius 3 is 2.21 bits per heavy atom. The van der Waals surface area contributed by atoms with E-state index in [2.05, 4.69) is 15.3 Å². The summed E-state index contributed by atoms with van der Waals surface area (Å²) in [6.45, 7) is 0. The van der Waals surface area contributed by atoms with Gasteiger partial charge >= 0.3 is 6.36 Å². The van der Waals surface area contributed by atoms with Crippen LogP contribution < -0.4 is 10.2 Å². The van der Waals surface area contributed by atoms with Gasteiger partial charge in [-0.15, -0.1) is 13.2 Å². The zero-order chi connectivity index (χ0) is 17.7. The minimum Gasteiger partial charge on any atom is -0.406 e. The number of halogens is 4. The number of hydrogen-bond donors (Lipinski definition) is 1. The van der Waals surface area contributed by atoms with Gasteiger partial charge in [-0.1, -0.05) is 11.6 Å². The Bertz CT molecular complexity index is 747. The highest BCUT2D eigenvalue weighted by molar-refractivity contribution is 6.69. The summed E-state index contributed by atoms with van der Waals surface area (Å²) in [5.41, 5.74) is 3.29. The summed E-state index contributed by atoms with van der Waals surface area (Å²) < 4.78 is 39.9. The number of nitrogens with one attached hydrogen (secondary N) is 1. The first-order valence-corrected chi connectivity index (χ1v) is 6.72. The predicted molar refractivity (Wildman–Crippen MR) is 82.2 cm³/mol. The average Bonchev–Trinajstić information content (AvgIpc) is 2.52. The lowest BCUT2D eigenvalue weighted by molar-refractivity contribution is -0.384. The molecule has 0 atom stereocenters. The number of hydrazone groups is 1. The molecule has 2 rings (SSSR count). The maximum absolute atomic E-state index is 12.0. The molecule has 0 aliphatic heterocycles. The molecule has 0 heterocycles. The number of non-ortho nitro benzene ring substituents is 1. The summed E-state index contributed by atoms with van der Waals surface area (Å²) in [5.74, 6) is -0.363. The van der Waals surface area contributed by atoms with E-state index in [1.165, 1.54) is 36.4 Å². The zero-order valence-corrected chi connectivity index (χ0v) is 12.5. The largest absolute Gasteiger partial charge is 0.573 e. The number of rotatable bonds is 5. The van der Waals surface area contributed by atoms with Crippen molar-refractivity contribution in [2.24, 2.45) is 5.10 Å². The van der Waals surface area contributed by atoms with Gasteiger partial charge in [0.25, 0.3) is 5.69 Å². The Kier molecular flexibility index (Phi) is 5.24. The second kappa shape index (κ2) is 7.18. The number of benzene rings is 2. The molecule has 24 heavy (non-hydrogen) atoms. The number of nitro groups is 1. The second-order valence-electron chi connectivity index (χ2n) is 4.39. The molecule has 126 valence electrons. The van der Waals surface area contributed by atoms with Crippen LogP contribution in [-0.2, 0) is 0 Å². The van der Waals surface area contributed by atoms with Crippen LogP contribution >= 0.6 is 11.6 Å². The van der Waals surface area contributed by atoms with Crippen molar-refractivity contribution in [2.75, 3.05) is 5.43 Å². The monoisotopic (exact) mass is 359 g/mol. The number of nitro benzene ring substituents is 1. The van der Waals surface area contributed by atoms with Gasteiger partial charge in [-0.2, -0.15) is 5.10 Å².